The molecule has 1 aliphatic rings. The van der Waals surface area contributed by atoms with Crippen molar-refractivity contribution in [3.63, 3.8) is 0 Å². The van der Waals surface area contributed by atoms with Gasteiger partial charge in [-0.3, -0.25) is 4.79 Å². The van der Waals surface area contributed by atoms with Gasteiger partial charge in [-0.25, -0.2) is 0 Å². The fraction of sp³-hybridized carbons (Fsp3) is 0.889. The van der Waals surface area contributed by atoms with E-state index in [0.717, 1.165) is 12.8 Å². The molecule has 0 radical (unpaired) electrons. The Labute approximate surface area is 83.6 Å². The van der Waals surface area contributed by atoms with Crippen LogP contribution in [0, 0.1) is 5.92 Å². The molecule has 1 aliphatic carbocycles. The number of rotatable bonds is 3. The molecular weight excluding hydrogens is 219 g/mol. The predicted molar refractivity (Wildman–Crippen MR) is 42.6 cm³/mol. The summed E-state index contributed by atoms with van der Waals surface area (Å²) in [7, 11) is 0. The molecule has 0 saturated heterocycles. The van der Waals surface area contributed by atoms with E-state index in [1.54, 1.807) is 0 Å². The summed E-state index contributed by atoms with van der Waals surface area (Å²) in [6, 6.07) is 0. The lowest BCUT2D eigenvalue weighted by Gasteiger charge is -2.19. The topological polar surface area (TPSA) is 17.1 Å². The molecule has 0 aliphatic heterocycles. The highest BCUT2D eigenvalue weighted by molar-refractivity contribution is 5.86. The van der Waals surface area contributed by atoms with Gasteiger partial charge in [0.15, 0.2) is 0 Å². The molecule has 6 heteroatoms. The van der Waals surface area contributed by atoms with Crippen molar-refractivity contribution in [1.82, 2.24) is 0 Å². The fourth-order valence-electron chi connectivity index (χ4n) is 1.76. The summed E-state index contributed by atoms with van der Waals surface area (Å²) >= 11 is 0. The predicted octanol–water partition coefficient (Wildman–Crippen LogP) is 3.33. The lowest BCUT2D eigenvalue weighted by Crippen LogP contribution is -2.44. The fourth-order valence-corrected chi connectivity index (χ4v) is 1.76. The zero-order chi connectivity index (χ0) is 11.7. The second kappa shape index (κ2) is 4.06. The van der Waals surface area contributed by atoms with Crippen molar-refractivity contribution < 1.29 is 26.7 Å². The summed E-state index contributed by atoms with van der Waals surface area (Å²) < 4.78 is 60.4. The van der Waals surface area contributed by atoms with Crippen LogP contribution in [0.15, 0.2) is 0 Å². The maximum atomic E-state index is 12.5. The van der Waals surface area contributed by atoms with Crippen molar-refractivity contribution in [3.8, 4) is 0 Å². The van der Waals surface area contributed by atoms with Crippen LogP contribution in [0.3, 0.4) is 0 Å². The average Bonchev–Trinajstić information content (AvgIpc) is 2.54. The van der Waals surface area contributed by atoms with E-state index in [4.69, 9.17) is 0 Å². The first-order valence-corrected chi connectivity index (χ1v) is 4.73. The van der Waals surface area contributed by atoms with E-state index in [0.29, 0.717) is 12.8 Å². The Hall–Kier alpha value is -0.680. The SMILES string of the molecule is O=C(CC1CCCC1)C(F)(F)C(F)(F)F. The molecule has 0 atom stereocenters. The van der Waals surface area contributed by atoms with Gasteiger partial charge >= 0.3 is 12.1 Å². The molecular formula is C9H11F5O. The maximum Gasteiger partial charge on any atom is 0.461 e. The number of halogens is 5. The standard InChI is InChI=1S/C9H11F5O/c10-8(11,9(12,13)14)7(15)5-6-3-1-2-4-6/h6H,1-5H2. The smallest absolute Gasteiger partial charge is 0.293 e. The van der Waals surface area contributed by atoms with Gasteiger partial charge in [0.25, 0.3) is 0 Å². The molecule has 0 aromatic heterocycles. The highest BCUT2D eigenvalue weighted by atomic mass is 19.4. The van der Waals surface area contributed by atoms with Gasteiger partial charge in [-0.15, -0.1) is 0 Å². The third kappa shape index (κ3) is 2.66. The quantitative estimate of drug-likeness (QED) is 0.679. The zero-order valence-corrected chi connectivity index (χ0v) is 7.91. The minimum atomic E-state index is -5.76. The van der Waals surface area contributed by atoms with Crippen LogP contribution >= 0.6 is 0 Å². The Balaban J connectivity index is 2.59. The van der Waals surface area contributed by atoms with E-state index in [2.05, 4.69) is 0 Å². The third-order valence-electron chi connectivity index (χ3n) is 2.66. The number of carbonyl (C=O) groups is 1. The van der Waals surface area contributed by atoms with Gasteiger partial charge < -0.3 is 0 Å². The molecule has 0 heterocycles. The normalized spacial score (nSPS) is 19.5. The summed E-state index contributed by atoms with van der Waals surface area (Å²) in [5.41, 5.74) is 0. The number of alkyl halides is 5. The highest BCUT2D eigenvalue weighted by Gasteiger charge is 2.62. The molecule has 0 aromatic carbocycles. The van der Waals surface area contributed by atoms with Crippen LogP contribution in [-0.4, -0.2) is 17.9 Å². The van der Waals surface area contributed by atoms with E-state index < -0.39 is 24.3 Å². The Morgan fingerprint density at radius 3 is 1.93 bits per heavy atom. The van der Waals surface area contributed by atoms with Crippen molar-refractivity contribution in [2.75, 3.05) is 0 Å². The van der Waals surface area contributed by atoms with E-state index >= 15 is 0 Å². The third-order valence-corrected chi connectivity index (χ3v) is 2.66. The first-order chi connectivity index (χ1) is 6.75. The van der Waals surface area contributed by atoms with Gasteiger partial charge in [0, 0.05) is 6.42 Å². The maximum absolute atomic E-state index is 12.5. The summed E-state index contributed by atoms with van der Waals surface area (Å²) in [4.78, 5) is 10.8. The number of ketones is 1. The molecule has 15 heavy (non-hydrogen) atoms. The largest absolute Gasteiger partial charge is 0.461 e. The molecule has 0 amide bonds. The van der Waals surface area contributed by atoms with Gasteiger partial charge in [0.2, 0.25) is 5.78 Å². The van der Waals surface area contributed by atoms with Gasteiger partial charge in [0.1, 0.15) is 0 Å². The van der Waals surface area contributed by atoms with E-state index in [-0.39, 0.29) is 5.92 Å². The van der Waals surface area contributed by atoms with Crippen molar-refractivity contribution in [2.24, 2.45) is 5.92 Å². The van der Waals surface area contributed by atoms with Crippen LogP contribution in [0.2, 0.25) is 0 Å². The minimum absolute atomic E-state index is 0.300. The molecule has 1 saturated carbocycles. The molecule has 0 aromatic rings. The van der Waals surface area contributed by atoms with Crippen LogP contribution in [0.4, 0.5) is 22.0 Å². The Kier molecular flexibility index (Phi) is 3.35. The minimum Gasteiger partial charge on any atom is -0.293 e. The Morgan fingerprint density at radius 1 is 1.07 bits per heavy atom. The van der Waals surface area contributed by atoms with Crippen LogP contribution in [0.5, 0.6) is 0 Å². The van der Waals surface area contributed by atoms with E-state index in [1.165, 1.54) is 0 Å². The van der Waals surface area contributed by atoms with Gasteiger partial charge in [-0.1, -0.05) is 25.7 Å². The molecule has 1 nitrogen and oxygen atoms in total. The van der Waals surface area contributed by atoms with E-state index in [1.807, 2.05) is 0 Å². The molecule has 0 spiro atoms. The molecule has 0 N–H and O–H groups in total. The number of hydrogen-bond acceptors (Lipinski definition) is 1. The summed E-state index contributed by atoms with van der Waals surface area (Å²) in [5.74, 6) is -7.48. The number of Topliss-reactive ketones (excluding diaryl/α,β-unsaturated/α-hetero) is 1. The first kappa shape index (κ1) is 12.4. The summed E-state index contributed by atoms with van der Waals surface area (Å²) in [5, 5.41) is 0. The summed E-state index contributed by atoms with van der Waals surface area (Å²) in [6.07, 6.45) is -3.68. The van der Waals surface area contributed by atoms with Gasteiger partial charge in [-0.05, 0) is 5.92 Å². The van der Waals surface area contributed by atoms with Crippen molar-refractivity contribution in [3.05, 3.63) is 0 Å². The second-order valence-electron chi connectivity index (χ2n) is 3.85. The average molecular weight is 230 g/mol. The molecule has 0 unspecified atom stereocenters. The monoisotopic (exact) mass is 230 g/mol. The first-order valence-electron chi connectivity index (χ1n) is 4.73. The lowest BCUT2D eigenvalue weighted by atomic mass is 9.98. The highest BCUT2D eigenvalue weighted by Crippen LogP contribution is 2.39. The van der Waals surface area contributed by atoms with Crippen molar-refractivity contribution >= 4 is 5.78 Å². The Morgan fingerprint density at radius 2 is 1.53 bits per heavy atom. The lowest BCUT2D eigenvalue weighted by molar-refractivity contribution is -0.269. The van der Waals surface area contributed by atoms with E-state index in [9.17, 15) is 26.7 Å². The number of hydrogen-bond donors (Lipinski definition) is 0. The van der Waals surface area contributed by atoms with Crippen molar-refractivity contribution in [2.45, 2.75) is 44.2 Å². The van der Waals surface area contributed by atoms with Crippen LogP contribution < -0.4 is 0 Å². The summed E-state index contributed by atoms with van der Waals surface area (Å²) in [6.45, 7) is 0. The van der Waals surface area contributed by atoms with Crippen LogP contribution in [-0.2, 0) is 4.79 Å². The molecule has 0 bridgehead atoms. The van der Waals surface area contributed by atoms with Gasteiger partial charge in [0.05, 0.1) is 0 Å². The van der Waals surface area contributed by atoms with Crippen LogP contribution in [0.1, 0.15) is 32.1 Å². The Bertz CT molecular complexity index is 239. The molecule has 1 rings (SSSR count). The molecule has 88 valence electrons. The van der Waals surface area contributed by atoms with Gasteiger partial charge in [-0.2, -0.15) is 22.0 Å². The zero-order valence-electron chi connectivity index (χ0n) is 7.91. The number of carbonyl (C=O) groups excluding carboxylic acids is 1. The molecule has 1 fully saturated rings. The van der Waals surface area contributed by atoms with Crippen molar-refractivity contribution in [1.29, 1.82) is 0 Å². The van der Waals surface area contributed by atoms with Crippen LogP contribution in [0.25, 0.3) is 0 Å². The second-order valence-corrected chi connectivity index (χ2v) is 3.85.